The molecule has 1 aromatic rings. The van der Waals surface area contributed by atoms with Crippen LogP contribution < -0.4 is 0 Å². The van der Waals surface area contributed by atoms with Gasteiger partial charge in [-0.25, -0.2) is 0 Å². The number of aromatic nitrogens is 2. The fourth-order valence-corrected chi connectivity index (χ4v) is 1.92. The largest absolute Gasteiger partial charge is 0.393 e. The molecule has 2 rings (SSSR count). The van der Waals surface area contributed by atoms with Gasteiger partial charge in [0.1, 0.15) is 18.0 Å². The van der Waals surface area contributed by atoms with Gasteiger partial charge in [0.25, 0.3) is 0 Å². The molecular formula is C9H13N3O4. The standard InChI is InChI=1S/C9H13N3O4/c1-11-9(7(5-10-11)12(14)15)8-4-6(13)2-3-16-8/h5-6,8,13H,2-4H2,1H3/t6-,8-/m1/s1. The molecule has 1 aromatic heterocycles. The normalized spacial score (nSPS) is 25.6. The third-order valence-corrected chi connectivity index (χ3v) is 2.72. The lowest BCUT2D eigenvalue weighted by Gasteiger charge is -2.25. The Morgan fingerprint density at radius 3 is 3.12 bits per heavy atom. The molecule has 1 fully saturated rings. The van der Waals surface area contributed by atoms with E-state index in [9.17, 15) is 15.2 Å². The summed E-state index contributed by atoms with van der Waals surface area (Å²) in [7, 11) is 1.63. The molecular weight excluding hydrogens is 214 g/mol. The molecule has 0 saturated carbocycles. The van der Waals surface area contributed by atoms with Gasteiger partial charge in [0.2, 0.25) is 0 Å². The van der Waals surface area contributed by atoms with Crippen molar-refractivity contribution in [2.45, 2.75) is 25.0 Å². The van der Waals surface area contributed by atoms with E-state index in [1.807, 2.05) is 0 Å². The van der Waals surface area contributed by atoms with E-state index in [2.05, 4.69) is 5.10 Å². The molecule has 2 heterocycles. The van der Waals surface area contributed by atoms with Crippen molar-refractivity contribution in [3.63, 3.8) is 0 Å². The molecule has 16 heavy (non-hydrogen) atoms. The molecule has 1 aliphatic rings. The zero-order chi connectivity index (χ0) is 11.7. The average molecular weight is 227 g/mol. The summed E-state index contributed by atoms with van der Waals surface area (Å²) in [5, 5.41) is 24.2. The molecule has 1 aliphatic heterocycles. The summed E-state index contributed by atoms with van der Waals surface area (Å²) in [5.74, 6) is 0. The molecule has 0 amide bonds. The van der Waals surface area contributed by atoms with Crippen LogP contribution in [-0.4, -0.2) is 32.5 Å². The highest BCUT2D eigenvalue weighted by Gasteiger charge is 2.31. The lowest BCUT2D eigenvalue weighted by molar-refractivity contribution is -0.386. The predicted molar refractivity (Wildman–Crippen MR) is 53.8 cm³/mol. The molecule has 0 bridgehead atoms. The van der Waals surface area contributed by atoms with E-state index in [4.69, 9.17) is 4.74 Å². The molecule has 2 atom stereocenters. The van der Waals surface area contributed by atoms with E-state index in [0.29, 0.717) is 25.1 Å². The molecule has 1 N–H and O–H groups in total. The van der Waals surface area contributed by atoms with Crippen molar-refractivity contribution in [2.75, 3.05) is 6.61 Å². The minimum absolute atomic E-state index is 0.0541. The first kappa shape index (κ1) is 11.0. The van der Waals surface area contributed by atoms with Gasteiger partial charge in [0.05, 0.1) is 11.0 Å². The predicted octanol–water partition coefficient (Wildman–Crippen LogP) is 0.541. The quantitative estimate of drug-likeness (QED) is 0.588. The Balaban J connectivity index is 2.31. The van der Waals surface area contributed by atoms with Gasteiger partial charge in [-0.1, -0.05) is 0 Å². The van der Waals surface area contributed by atoms with E-state index in [0.717, 1.165) is 0 Å². The fraction of sp³-hybridized carbons (Fsp3) is 0.667. The highest BCUT2D eigenvalue weighted by Crippen LogP contribution is 2.33. The third kappa shape index (κ3) is 1.91. The Hall–Kier alpha value is -1.47. The lowest BCUT2D eigenvalue weighted by atomic mass is 10.0. The second-order valence-electron chi connectivity index (χ2n) is 3.83. The summed E-state index contributed by atoms with van der Waals surface area (Å²) in [6.45, 7) is 0.411. The maximum absolute atomic E-state index is 10.8. The first-order chi connectivity index (χ1) is 7.59. The first-order valence-electron chi connectivity index (χ1n) is 5.05. The van der Waals surface area contributed by atoms with Crippen LogP contribution in [0, 0.1) is 10.1 Å². The molecule has 0 unspecified atom stereocenters. The maximum Gasteiger partial charge on any atom is 0.312 e. The van der Waals surface area contributed by atoms with Gasteiger partial charge in [-0.15, -0.1) is 0 Å². The van der Waals surface area contributed by atoms with E-state index >= 15 is 0 Å². The van der Waals surface area contributed by atoms with Crippen molar-refractivity contribution in [3.05, 3.63) is 22.0 Å². The number of hydrogen-bond acceptors (Lipinski definition) is 5. The highest BCUT2D eigenvalue weighted by atomic mass is 16.6. The van der Waals surface area contributed by atoms with Crippen molar-refractivity contribution in [1.29, 1.82) is 0 Å². The van der Waals surface area contributed by atoms with Crippen LogP contribution in [0.25, 0.3) is 0 Å². The van der Waals surface area contributed by atoms with Crippen molar-refractivity contribution in [2.24, 2.45) is 7.05 Å². The van der Waals surface area contributed by atoms with Crippen molar-refractivity contribution in [3.8, 4) is 0 Å². The SMILES string of the molecule is Cn1ncc([N+](=O)[O-])c1[C@H]1C[C@H](O)CCO1. The van der Waals surface area contributed by atoms with Crippen LogP contribution in [0.15, 0.2) is 6.20 Å². The Morgan fingerprint density at radius 2 is 2.50 bits per heavy atom. The van der Waals surface area contributed by atoms with Crippen LogP contribution in [0.4, 0.5) is 5.69 Å². The van der Waals surface area contributed by atoms with Crippen LogP contribution in [-0.2, 0) is 11.8 Å². The number of nitrogens with zero attached hydrogens (tertiary/aromatic N) is 3. The number of hydrogen-bond donors (Lipinski definition) is 1. The highest BCUT2D eigenvalue weighted by molar-refractivity contribution is 5.35. The zero-order valence-electron chi connectivity index (χ0n) is 8.87. The second-order valence-corrected chi connectivity index (χ2v) is 3.83. The van der Waals surface area contributed by atoms with Crippen molar-refractivity contribution >= 4 is 5.69 Å². The van der Waals surface area contributed by atoms with Gasteiger partial charge in [0.15, 0.2) is 0 Å². The molecule has 0 radical (unpaired) electrons. The number of aliphatic hydroxyl groups excluding tert-OH is 1. The minimum atomic E-state index is -0.479. The van der Waals surface area contributed by atoms with Gasteiger partial charge >= 0.3 is 5.69 Å². The zero-order valence-corrected chi connectivity index (χ0v) is 8.87. The number of rotatable bonds is 2. The summed E-state index contributed by atoms with van der Waals surface area (Å²) in [5.41, 5.74) is 0.366. The second kappa shape index (κ2) is 4.18. The number of aryl methyl sites for hydroxylation is 1. The Morgan fingerprint density at radius 1 is 1.75 bits per heavy atom. The van der Waals surface area contributed by atoms with Gasteiger partial charge in [-0.05, 0) is 6.42 Å². The molecule has 0 aliphatic carbocycles. The number of nitro groups is 1. The Kier molecular flexibility index (Phi) is 2.88. The molecule has 0 aromatic carbocycles. The van der Waals surface area contributed by atoms with E-state index in [-0.39, 0.29) is 5.69 Å². The van der Waals surface area contributed by atoms with E-state index < -0.39 is 17.1 Å². The molecule has 7 heteroatoms. The summed E-state index contributed by atoms with van der Waals surface area (Å²) in [6.07, 6.45) is 1.24. The lowest BCUT2D eigenvalue weighted by Crippen LogP contribution is -2.25. The fourth-order valence-electron chi connectivity index (χ4n) is 1.92. The molecule has 0 spiro atoms. The minimum Gasteiger partial charge on any atom is -0.393 e. The Bertz CT molecular complexity index is 403. The van der Waals surface area contributed by atoms with Gasteiger partial charge in [-0.3, -0.25) is 14.8 Å². The summed E-state index contributed by atoms with van der Waals surface area (Å²) in [4.78, 5) is 10.3. The smallest absolute Gasteiger partial charge is 0.312 e. The summed E-state index contributed by atoms with van der Waals surface area (Å²) < 4.78 is 6.87. The van der Waals surface area contributed by atoms with E-state index in [1.165, 1.54) is 10.9 Å². The molecule has 1 saturated heterocycles. The van der Waals surface area contributed by atoms with Crippen LogP contribution in [0.2, 0.25) is 0 Å². The molecule has 88 valence electrons. The van der Waals surface area contributed by atoms with Gasteiger partial charge < -0.3 is 9.84 Å². The molecule has 7 nitrogen and oxygen atoms in total. The number of aliphatic hydroxyl groups is 1. The third-order valence-electron chi connectivity index (χ3n) is 2.72. The average Bonchev–Trinajstić information content (AvgIpc) is 2.60. The first-order valence-corrected chi connectivity index (χ1v) is 5.05. The topological polar surface area (TPSA) is 90.4 Å². The van der Waals surface area contributed by atoms with Crippen LogP contribution >= 0.6 is 0 Å². The monoisotopic (exact) mass is 227 g/mol. The maximum atomic E-state index is 10.8. The number of ether oxygens (including phenoxy) is 1. The van der Waals surface area contributed by atoms with Gasteiger partial charge in [-0.2, -0.15) is 5.10 Å². The van der Waals surface area contributed by atoms with Gasteiger partial charge in [0, 0.05) is 20.1 Å². The van der Waals surface area contributed by atoms with Crippen LogP contribution in [0.3, 0.4) is 0 Å². The Labute approximate surface area is 91.8 Å². The van der Waals surface area contributed by atoms with Crippen molar-refractivity contribution < 1.29 is 14.8 Å². The van der Waals surface area contributed by atoms with E-state index in [1.54, 1.807) is 7.05 Å². The van der Waals surface area contributed by atoms with Crippen LogP contribution in [0.5, 0.6) is 0 Å². The summed E-state index contributed by atoms with van der Waals surface area (Å²) in [6, 6.07) is 0. The van der Waals surface area contributed by atoms with Crippen molar-refractivity contribution in [1.82, 2.24) is 9.78 Å². The van der Waals surface area contributed by atoms with Crippen LogP contribution in [0.1, 0.15) is 24.6 Å². The summed E-state index contributed by atoms with van der Waals surface area (Å²) >= 11 is 0.